The minimum Gasteiger partial charge on any atom is -0.354 e. The van der Waals surface area contributed by atoms with Gasteiger partial charge in [0.05, 0.1) is 21.1 Å². The summed E-state index contributed by atoms with van der Waals surface area (Å²) in [6, 6.07) is 1.41. The number of hydrogen-bond acceptors (Lipinski definition) is 5. The van der Waals surface area contributed by atoms with Crippen LogP contribution in [0.3, 0.4) is 0 Å². The normalized spacial score (nSPS) is 18.6. The first-order valence-corrected chi connectivity index (χ1v) is 8.99. The van der Waals surface area contributed by atoms with Crippen molar-refractivity contribution in [1.82, 2.24) is 15.6 Å². The van der Waals surface area contributed by atoms with Gasteiger partial charge in [0.15, 0.2) is 0 Å². The van der Waals surface area contributed by atoms with Crippen LogP contribution in [0, 0.1) is 6.92 Å². The second-order valence-electron chi connectivity index (χ2n) is 5.26. The number of aryl methyl sites for hydroxylation is 1. The topological polar surface area (TPSA) is 71.1 Å². The van der Waals surface area contributed by atoms with Crippen LogP contribution in [0.5, 0.6) is 0 Å². The molecule has 0 bridgehead atoms. The number of aromatic nitrogens is 1. The molecule has 0 unspecified atom stereocenters. The van der Waals surface area contributed by atoms with Crippen molar-refractivity contribution < 1.29 is 9.59 Å². The molecule has 1 aliphatic rings. The summed E-state index contributed by atoms with van der Waals surface area (Å²) in [6.45, 7) is 2.65. The molecule has 1 aliphatic heterocycles. The zero-order valence-corrected chi connectivity index (χ0v) is 13.9. The molecule has 0 radical (unpaired) electrons. The van der Waals surface area contributed by atoms with Crippen LogP contribution in [0.25, 0.3) is 10.6 Å². The Labute approximate surface area is 136 Å². The number of amides is 2. The molecule has 0 aromatic carbocycles. The van der Waals surface area contributed by atoms with Gasteiger partial charge in [-0.1, -0.05) is 0 Å². The number of thiazole rings is 1. The van der Waals surface area contributed by atoms with Gasteiger partial charge >= 0.3 is 0 Å². The lowest BCUT2D eigenvalue weighted by molar-refractivity contribution is -0.122. The maximum absolute atomic E-state index is 12.3. The van der Waals surface area contributed by atoms with Gasteiger partial charge < -0.3 is 10.6 Å². The third-order valence-corrected chi connectivity index (χ3v) is 5.30. The second-order valence-corrected chi connectivity index (χ2v) is 7.24. The minimum absolute atomic E-state index is 0.0866. The highest BCUT2D eigenvalue weighted by Crippen LogP contribution is 2.28. The SMILES string of the molecule is Cc1nc(-c2cc(C(=O)N[C@H]3CCCCNC3=O)cs2)cs1. The summed E-state index contributed by atoms with van der Waals surface area (Å²) in [5.74, 6) is -0.284. The maximum Gasteiger partial charge on any atom is 0.252 e. The van der Waals surface area contributed by atoms with Gasteiger partial charge in [-0.2, -0.15) is 0 Å². The summed E-state index contributed by atoms with van der Waals surface area (Å²) in [4.78, 5) is 29.6. The lowest BCUT2D eigenvalue weighted by Gasteiger charge is -2.14. The quantitative estimate of drug-likeness (QED) is 0.905. The number of hydrogen-bond donors (Lipinski definition) is 2. The summed E-state index contributed by atoms with van der Waals surface area (Å²) in [5, 5.41) is 10.5. The van der Waals surface area contributed by atoms with Crippen molar-refractivity contribution in [3.05, 3.63) is 27.4 Å². The van der Waals surface area contributed by atoms with Crippen LogP contribution in [0.4, 0.5) is 0 Å². The molecular formula is C15H17N3O2S2. The highest BCUT2D eigenvalue weighted by Gasteiger charge is 2.23. The van der Waals surface area contributed by atoms with Crippen molar-refractivity contribution in [1.29, 1.82) is 0 Å². The van der Waals surface area contributed by atoms with Gasteiger partial charge in [0, 0.05) is 17.3 Å². The lowest BCUT2D eigenvalue weighted by Crippen LogP contribution is -2.45. The molecule has 0 saturated carbocycles. The van der Waals surface area contributed by atoms with Crippen molar-refractivity contribution in [2.24, 2.45) is 0 Å². The van der Waals surface area contributed by atoms with Crippen molar-refractivity contribution in [3.8, 4) is 10.6 Å². The summed E-state index contributed by atoms with van der Waals surface area (Å²) < 4.78 is 0. The van der Waals surface area contributed by atoms with Gasteiger partial charge in [-0.3, -0.25) is 9.59 Å². The number of rotatable bonds is 3. The first kappa shape index (κ1) is 15.2. The number of thiophene rings is 1. The van der Waals surface area contributed by atoms with Crippen LogP contribution in [0.15, 0.2) is 16.8 Å². The highest BCUT2D eigenvalue weighted by atomic mass is 32.1. The number of carbonyl (C=O) groups is 2. The smallest absolute Gasteiger partial charge is 0.252 e. The Morgan fingerprint density at radius 2 is 2.23 bits per heavy atom. The molecule has 2 aromatic rings. The fraction of sp³-hybridized carbons (Fsp3) is 0.400. The van der Waals surface area contributed by atoms with Gasteiger partial charge in [0.1, 0.15) is 6.04 Å². The van der Waals surface area contributed by atoms with Crippen molar-refractivity contribution in [2.75, 3.05) is 6.54 Å². The standard InChI is InChI=1S/C15H17N3O2S2/c1-9-17-12(8-21-9)13-6-10(7-22-13)14(19)18-11-4-2-3-5-16-15(11)20/h6-8,11H,2-5H2,1H3,(H,16,20)(H,18,19)/t11-/m0/s1. The van der Waals surface area contributed by atoms with E-state index in [-0.39, 0.29) is 11.8 Å². The van der Waals surface area contributed by atoms with E-state index in [1.54, 1.807) is 11.3 Å². The van der Waals surface area contributed by atoms with Gasteiger partial charge in [-0.15, -0.1) is 22.7 Å². The summed E-state index contributed by atoms with van der Waals surface area (Å²) in [6.07, 6.45) is 2.60. The lowest BCUT2D eigenvalue weighted by atomic mass is 10.1. The van der Waals surface area contributed by atoms with Crippen LogP contribution in [-0.4, -0.2) is 29.4 Å². The molecular weight excluding hydrogens is 318 g/mol. The minimum atomic E-state index is -0.431. The van der Waals surface area contributed by atoms with E-state index in [2.05, 4.69) is 15.6 Å². The maximum atomic E-state index is 12.3. The van der Waals surface area contributed by atoms with Crippen LogP contribution < -0.4 is 10.6 Å². The third-order valence-electron chi connectivity index (χ3n) is 3.57. The number of nitrogens with one attached hydrogen (secondary N) is 2. The van der Waals surface area contributed by atoms with Crippen molar-refractivity contribution in [3.63, 3.8) is 0 Å². The molecule has 1 saturated heterocycles. The molecule has 0 spiro atoms. The van der Waals surface area contributed by atoms with E-state index in [9.17, 15) is 9.59 Å². The molecule has 7 heteroatoms. The molecule has 2 N–H and O–H groups in total. The van der Waals surface area contributed by atoms with Crippen LogP contribution in [0.2, 0.25) is 0 Å². The highest BCUT2D eigenvalue weighted by molar-refractivity contribution is 7.14. The average Bonchev–Trinajstić information content (AvgIpc) is 3.09. The molecule has 22 heavy (non-hydrogen) atoms. The van der Waals surface area contributed by atoms with Gasteiger partial charge in [0.2, 0.25) is 5.91 Å². The van der Waals surface area contributed by atoms with Crippen LogP contribution >= 0.6 is 22.7 Å². The number of carbonyl (C=O) groups excluding carboxylic acids is 2. The van der Waals surface area contributed by atoms with Gasteiger partial charge in [-0.05, 0) is 32.3 Å². The first-order valence-electron chi connectivity index (χ1n) is 7.23. The Morgan fingerprint density at radius 3 is 3.00 bits per heavy atom. The molecule has 1 atom stereocenters. The van der Waals surface area contributed by atoms with E-state index in [0.29, 0.717) is 18.5 Å². The van der Waals surface area contributed by atoms with Crippen LogP contribution in [0.1, 0.15) is 34.6 Å². The van der Waals surface area contributed by atoms with E-state index in [4.69, 9.17) is 0 Å². The molecule has 2 amide bonds. The van der Waals surface area contributed by atoms with E-state index >= 15 is 0 Å². The predicted octanol–water partition coefficient (Wildman–Crippen LogP) is 2.58. The van der Waals surface area contributed by atoms with Gasteiger partial charge in [0.25, 0.3) is 5.91 Å². The fourth-order valence-electron chi connectivity index (χ4n) is 2.38. The Bertz CT molecular complexity index is 693. The monoisotopic (exact) mass is 335 g/mol. The van der Waals surface area contributed by atoms with E-state index in [1.165, 1.54) is 11.3 Å². The molecule has 0 aliphatic carbocycles. The molecule has 116 valence electrons. The van der Waals surface area contributed by atoms with E-state index in [1.807, 2.05) is 23.8 Å². The van der Waals surface area contributed by atoms with Crippen LogP contribution in [-0.2, 0) is 4.79 Å². The Morgan fingerprint density at radius 1 is 1.36 bits per heavy atom. The summed E-state index contributed by atoms with van der Waals surface area (Å²) in [7, 11) is 0. The zero-order chi connectivity index (χ0) is 15.5. The average molecular weight is 335 g/mol. The van der Waals surface area contributed by atoms with E-state index in [0.717, 1.165) is 28.4 Å². The molecule has 1 fully saturated rings. The Balaban J connectivity index is 1.70. The van der Waals surface area contributed by atoms with Crippen molar-refractivity contribution >= 4 is 34.5 Å². The Kier molecular flexibility index (Phi) is 4.54. The first-order chi connectivity index (χ1) is 10.6. The third kappa shape index (κ3) is 3.36. The number of nitrogens with zero attached hydrogens (tertiary/aromatic N) is 1. The molecule has 5 nitrogen and oxygen atoms in total. The fourth-order valence-corrected chi connectivity index (χ4v) is 3.92. The van der Waals surface area contributed by atoms with Crippen molar-refractivity contribution in [2.45, 2.75) is 32.2 Å². The molecule has 2 aromatic heterocycles. The summed E-state index contributed by atoms with van der Waals surface area (Å²) in [5.41, 5.74) is 1.49. The zero-order valence-electron chi connectivity index (χ0n) is 12.2. The summed E-state index contributed by atoms with van der Waals surface area (Å²) >= 11 is 3.08. The predicted molar refractivity (Wildman–Crippen MR) is 88.3 cm³/mol. The molecule has 3 rings (SSSR count). The van der Waals surface area contributed by atoms with E-state index < -0.39 is 6.04 Å². The van der Waals surface area contributed by atoms with Gasteiger partial charge in [-0.25, -0.2) is 4.98 Å². The second kappa shape index (κ2) is 6.58. The Hall–Kier alpha value is -1.73. The largest absolute Gasteiger partial charge is 0.354 e. The molecule has 3 heterocycles.